The summed E-state index contributed by atoms with van der Waals surface area (Å²) in [6.07, 6.45) is 1.62. The summed E-state index contributed by atoms with van der Waals surface area (Å²) in [5, 5.41) is 8.78. The average Bonchev–Trinajstić information content (AvgIpc) is 3.16. The highest BCUT2D eigenvalue weighted by atomic mass is 16.1. The van der Waals surface area contributed by atoms with E-state index in [0.29, 0.717) is 16.9 Å². The summed E-state index contributed by atoms with van der Waals surface area (Å²) in [6.45, 7) is 4.46. The number of fused-ring (bicyclic) bond motifs is 1. The number of nitrogens with zero attached hydrogens (tertiary/aromatic N) is 5. The summed E-state index contributed by atoms with van der Waals surface area (Å²) < 4.78 is 1.95. The van der Waals surface area contributed by atoms with Crippen LogP contribution in [0.1, 0.15) is 16.1 Å². The van der Waals surface area contributed by atoms with Crippen LogP contribution in [-0.2, 0) is 13.6 Å². The molecule has 2 aromatic heterocycles. The molecule has 1 aliphatic heterocycles. The molecule has 1 saturated heterocycles. The second kappa shape index (κ2) is 8.91. The van der Waals surface area contributed by atoms with Gasteiger partial charge in [0.1, 0.15) is 5.82 Å². The number of hydrogen-bond acceptors (Lipinski definition) is 6. The molecule has 0 aliphatic carbocycles. The van der Waals surface area contributed by atoms with Gasteiger partial charge in [0, 0.05) is 51.4 Å². The zero-order chi connectivity index (χ0) is 22.8. The van der Waals surface area contributed by atoms with Gasteiger partial charge in [-0.15, -0.1) is 0 Å². The van der Waals surface area contributed by atoms with Gasteiger partial charge in [-0.2, -0.15) is 5.10 Å². The van der Waals surface area contributed by atoms with Crippen LogP contribution in [0.2, 0.25) is 0 Å². The molecule has 8 nitrogen and oxygen atoms in total. The first kappa shape index (κ1) is 21.0. The number of carbonyl (C=O) groups excluding carboxylic acids is 1. The van der Waals surface area contributed by atoms with Crippen molar-refractivity contribution < 1.29 is 4.79 Å². The van der Waals surface area contributed by atoms with Gasteiger partial charge in [0.15, 0.2) is 0 Å². The van der Waals surface area contributed by atoms with E-state index in [1.807, 2.05) is 42.1 Å². The van der Waals surface area contributed by atoms with E-state index in [4.69, 9.17) is 10.8 Å². The lowest BCUT2D eigenvalue weighted by Gasteiger charge is -2.35. The summed E-state index contributed by atoms with van der Waals surface area (Å²) in [5.41, 5.74) is 9.83. The molecule has 168 valence electrons. The minimum Gasteiger partial charge on any atom is -0.397 e. The average molecular weight is 442 g/mol. The van der Waals surface area contributed by atoms with E-state index in [9.17, 15) is 4.79 Å². The number of aryl methyl sites for hydroxylation is 1. The Labute approximate surface area is 192 Å². The molecule has 0 saturated carbocycles. The smallest absolute Gasteiger partial charge is 0.257 e. The number of piperazine rings is 1. The Morgan fingerprint density at radius 1 is 1.00 bits per heavy atom. The first-order valence-corrected chi connectivity index (χ1v) is 11.1. The largest absolute Gasteiger partial charge is 0.397 e. The molecule has 0 radical (unpaired) electrons. The van der Waals surface area contributed by atoms with Gasteiger partial charge in [0.25, 0.3) is 5.91 Å². The van der Waals surface area contributed by atoms with Gasteiger partial charge in [-0.1, -0.05) is 30.3 Å². The molecule has 3 heterocycles. The summed E-state index contributed by atoms with van der Waals surface area (Å²) in [7, 11) is 1.99. The lowest BCUT2D eigenvalue weighted by molar-refractivity contribution is 0.102. The molecule has 0 atom stereocenters. The Morgan fingerprint density at radius 2 is 1.76 bits per heavy atom. The molecule has 0 unspecified atom stereocenters. The maximum Gasteiger partial charge on any atom is 0.257 e. The number of para-hydroxylation sites is 3. The molecule has 8 heteroatoms. The molecular formula is C25H27N7O. The fourth-order valence-electron chi connectivity index (χ4n) is 4.27. The SMILES string of the molecule is Cn1nc(CN2CCN(c3ccc(C(=O)Nc4ccccc4N)cn3)CC2)c2ccccc21. The molecule has 2 aromatic carbocycles. The van der Waals surface area contributed by atoms with Crippen LogP contribution in [-0.4, -0.2) is 51.8 Å². The monoisotopic (exact) mass is 441 g/mol. The van der Waals surface area contributed by atoms with Crippen molar-refractivity contribution in [1.82, 2.24) is 19.7 Å². The fourth-order valence-corrected chi connectivity index (χ4v) is 4.27. The van der Waals surface area contributed by atoms with E-state index in [2.05, 4.69) is 38.3 Å². The Kier molecular flexibility index (Phi) is 5.66. The lowest BCUT2D eigenvalue weighted by atomic mass is 10.2. The van der Waals surface area contributed by atoms with E-state index >= 15 is 0 Å². The van der Waals surface area contributed by atoms with Gasteiger partial charge in [-0.25, -0.2) is 4.98 Å². The molecule has 1 aliphatic rings. The van der Waals surface area contributed by atoms with Gasteiger partial charge in [0.2, 0.25) is 0 Å². The first-order valence-electron chi connectivity index (χ1n) is 11.1. The second-order valence-electron chi connectivity index (χ2n) is 8.30. The van der Waals surface area contributed by atoms with E-state index in [1.165, 1.54) is 5.39 Å². The molecule has 1 fully saturated rings. The maximum atomic E-state index is 12.5. The third-order valence-electron chi connectivity index (χ3n) is 6.12. The quantitative estimate of drug-likeness (QED) is 0.463. The number of nitrogen functional groups attached to an aromatic ring is 1. The number of nitrogens with one attached hydrogen (secondary N) is 1. The van der Waals surface area contributed by atoms with Crippen LogP contribution in [0.4, 0.5) is 17.2 Å². The van der Waals surface area contributed by atoms with E-state index < -0.39 is 0 Å². The predicted octanol–water partition coefficient (Wildman–Crippen LogP) is 3.13. The molecule has 0 spiro atoms. The summed E-state index contributed by atoms with van der Waals surface area (Å²) in [6, 6.07) is 19.3. The lowest BCUT2D eigenvalue weighted by Crippen LogP contribution is -2.46. The van der Waals surface area contributed by atoms with Gasteiger partial charge < -0.3 is 16.0 Å². The van der Waals surface area contributed by atoms with Gasteiger partial charge >= 0.3 is 0 Å². The fraction of sp³-hybridized carbons (Fsp3) is 0.240. The van der Waals surface area contributed by atoms with Crippen LogP contribution in [0.3, 0.4) is 0 Å². The minimum absolute atomic E-state index is 0.223. The highest BCUT2D eigenvalue weighted by molar-refractivity contribution is 6.05. The second-order valence-corrected chi connectivity index (χ2v) is 8.30. The van der Waals surface area contributed by atoms with E-state index in [-0.39, 0.29) is 5.91 Å². The normalized spacial score (nSPS) is 14.5. The zero-order valence-corrected chi connectivity index (χ0v) is 18.6. The third-order valence-corrected chi connectivity index (χ3v) is 6.12. The van der Waals surface area contributed by atoms with E-state index in [0.717, 1.165) is 49.8 Å². The summed E-state index contributed by atoms with van der Waals surface area (Å²) >= 11 is 0. The predicted molar refractivity (Wildman–Crippen MR) is 131 cm³/mol. The number of carbonyl (C=O) groups is 1. The number of benzene rings is 2. The van der Waals surface area contributed by atoms with Crippen molar-refractivity contribution in [3.05, 3.63) is 78.1 Å². The van der Waals surface area contributed by atoms with Crippen LogP contribution in [0.15, 0.2) is 66.9 Å². The molecule has 1 amide bonds. The van der Waals surface area contributed by atoms with Crippen LogP contribution in [0.5, 0.6) is 0 Å². The summed E-state index contributed by atoms with van der Waals surface area (Å²) in [4.78, 5) is 21.8. The summed E-state index contributed by atoms with van der Waals surface area (Å²) in [5.74, 6) is 0.660. The van der Waals surface area contributed by atoms with Crippen LogP contribution < -0.4 is 16.0 Å². The molecular weight excluding hydrogens is 414 g/mol. The van der Waals surface area contributed by atoms with Crippen LogP contribution in [0, 0.1) is 0 Å². The van der Waals surface area contributed by atoms with Crippen molar-refractivity contribution in [1.29, 1.82) is 0 Å². The van der Waals surface area contributed by atoms with Crippen molar-refractivity contribution in [2.24, 2.45) is 7.05 Å². The van der Waals surface area contributed by atoms with Crippen molar-refractivity contribution in [3.8, 4) is 0 Å². The van der Waals surface area contributed by atoms with E-state index in [1.54, 1.807) is 18.3 Å². The molecule has 4 aromatic rings. The number of nitrogens with two attached hydrogens (primary N) is 1. The molecule has 0 bridgehead atoms. The number of anilines is 3. The number of rotatable bonds is 5. The molecule has 3 N–H and O–H groups in total. The highest BCUT2D eigenvalue weighted by Gasteiger charge is 2.20. The Balaban J connectivity index is 1.19. The van der Waals surface area contributed by atoms with Crippen molar-refractivity contribution in [2.45, 2.75) is 6.54 Å². The Hall–Kier alpha value is -3.91. The van der Waals surface area contributed by atoms with Crippen molar-refractivity contribution in [2.75, 3.05) is 42.1 Å². The third kappa shape index (κ3) is 4.38. The van der Waals surface area contributed by atoms with Gasteiger partial charge in [0.05, 0.1) is 28.1 Å². The number of aromatic nitrogens is 3. The topological polar surface area (TPSA) is 92.3 Å². The van der Waals surface area contributed by atoms with Crippen LogP contribution in [0.25, 0.3) is 10.9 Å². The van der Waals surface area contributed by atoms with Crippen LogP contribution >= 0.6 is 0 Å². The number of amides is 1. The standard InChI is InChI=1S/C25H27N7O/c1-30-23-9-5-2-6-19(23)22(29-30)17-31-12-14-32(15-13-31)24-11-10-18(16-27-24)25(33)28-21-8-4-3-7-20(21)26/h2-11,16H,12-15,17,26H2,1H3,(H,28,33). The number of pyridine rings is 1. The van der Waals surface area contributed by atoms with Crippen molar-refractivity contribution in [3.63, 3.8) is 0 Å². The molecule has 5 rings (SSSR count). The zero-order valence-electron chi connectivity index (χ0n) is 18.6. The Bertz CT molecular complexity index is 1270. The maximum absolute atomic E-state index is 12.5. The minimum atomic E-state index is -0.223. The van der Waals surface area contributed by atoms with Gasteiger partial charge in [-0.3, -0.25) is 14.4 Å². The van der Waals surface area contributed by atoms with Crippen molar-refractivity contribution >= 4 is 34.0 Å². The highest BCUT2D eigenvalue weighted by Crippen LogP contribution is 2.21. The molecule has 33 heavy (non-hydrogen) atoms. The Morgan fingerprint density at radius 3 is 2.52 bits per heavy atom. The first-order chi connectivity index (χ1) is 16.1. The van der Waals surface area contributed by atoms with Gasteiger partial charge in [-0.05, 0) is 30.3 Å². The number of hydrogen-bond donors (Lipinski definition) is 2.